The van der Waals surface area contributed by atoms with Gasteiger partial charge in [-0.2, -0.15) is 0 Å². The summed E-state index contributed by atoms with van der Waals surface area (Å²) in [5.74, 6) is -0.697. The number of nitrogens with one attached hydrogen (secondary N) is 2. The molecule has 0 saturated heterocycles. The van der Waals surface area contributed by atoms with Crippen LogP contribution in [-0.2, 0) is 16.0 Å². The molecular formula is C23H27ClN2O4. The molecule has 0 spiro atoms. The number of alkyl carbamates (subject to hydrolysis) is 1. The Labute approximate surface area is 182 Å². The van der Waals surface area contributed by atoms with Crippen LogP contribution < -0.4 is 10.6 Å². The van der Waals surface area contributed by atoms with E-state index in [1.165, 1.54) is 0 Å². The molecule has 2 rings (SSSR count). The first-order valence-corrected chi connectivity index (χ1v) is 9.95. The molecule has 6 nitrogen and oxygen atoms in total. The van der Waals surface area contributed by atoms with Gasteiger partial charge in [-0.25, -0.2) is 4.79 Å². The van der Waals surface area contributed by atoms with Crippen LogP contribution in [0.5, 0.6) is 0 Å². The van der Waals surface area contributed by atoms with Gasteiger partial charge < -0.3 is 15.4 Å². The Hall–Kier alpha value is -2.86. The first kappa shape index (κ1) is 23.4. The highest BCUT2D eigenvalue weighted by atomic mass is 35.5. The van der Waals surface area contributed by atoms with Gasteiger partial charge in [0.2, 0.25) is 0 Å². The predicted molar refractivity (Wildman–Crippen MR) is 118 cm³/mol. The molecule has 0 atom stereocenters. The summed E-state index contributed by atoms with van der Waals surface area (Å²) in [4.78, 5) is 37.9. The van der Waals surface area contributed by atoms with E-state index in [0.29, 0.717) is 11.3 Å². The Morgan fingerprint density at radius 1 is 0.933 bits per heavy atom. The Balaban J connectivity index is 2.19. The molecule has 0 fully saturated rings. The van der Waals surface area contributed by atoms with E-state index in [1.807, 2.05) is 6.07 Å². The third-order valence-electron chi connectivity index (χ3n) is 4.22. The van der Waals surface area contributed by atoms with E-state index in [2.05, 4.69) is 10.6 Å². The Kier molecular flexibility index (Phi) is 7.26. The molecule has 0 bridgehead atoms. The van der Waals surface area contributed by atoms with E-state index in [4.69, 9.17) is 16.3 Å². The maximum Gasteiger partial charge on any atom is 0.408 e. The number of para-hydroxylation sites is 1. The Morgan fingerprint density at radius 2 is 1.57 bits per heavy atom. The predicted octanol–water partition coefficient (Wildman–Crippen LogP) is 5.01. The number of halogens is 1. The average Bonchev–Trinajstić information content (AvgIpc) is 2.60. The molecule has 7 heteroatoms. The zero-order chi connectivity index (χ0) is 22.5. The molecule has 2 aromatic carbocycles. The molecule has 0 aromatic heterocycles. The van der Waals surface area contributed by atoms with Crippen LogP contribution in [0.15, 0.2) is 48.5 Å². The number of benzene rings is 2. The van der Waals surface area contributed by atoms with Crippen LogP contribution in [0.25, 0.3) is 0 Å². The largest absolute Gasteiger partial charge is 0.444 e. The lowest BCUT2D eigenvalue weighted by Crippen LogP contribution is -2.51. The second kappa shape index (κ2) is 9.30. The summed E-state index contributed by atoms with van der Waals surface area (Å²) in [5.41, 5.74) is -0.562. The van der Waals surface area contributed by atoms with Gasteiger partial charge in [0.25, 0.3) is 5.91 Å². The number of anilines is 1. The molecule has 0 saturated carbocycles. The second-order valence-corrected chi connectivity index (χ2v) is 8.85. The molecule has 0 aliphatic rings. The summed E-state index contributed by atoms with van der Waals surface area (Å²) in [6.45, 7) is 8.40. The van der Waals surface area contributed by atoms with Crippen LogP contribution in [0.3, 0.4) is 0 Å². The lowest BCUT2D eigenvalue weighted by molar-refractivity contribution is -0.123. The van der Waals surface area contributed by atoms with E-state index >= 15 is 0 Å². The quantitative estimate of drug-likeness (QED) is 0.674. The van der Waals surface area contributed by atoms with Crippen molar-refractivity contribution in [2.75, 3.05) is 5.32 Å². The number of hydrogen-bond donors (Lipinski definition) is 2. The molecule has 30 heavy (non-hydrogen) atoms. The molecular weight excluding hydrogens is 404 g/mol. The number of Topliss-reactive ketones (excluding diaryl/α,β-unsaturated/α-hetero) is 1. The van der Waals surface area contributed by atoms with Crippen LogP contribution in [0.4, 0.5) is 10.5 Å². The number of carbonyl (C=O) groups excluding carboxylic acids is 3. The minimum atomic E-state index is -1.20. The van der Waals surface area contributed by atoms with Crippen LogP contribution in [-0.4, -0.2) is 28.9 Å². The molecule has 0 heterocycles. The monoisotopic (exact) mass is 430 g/mol. The van der Waals surface area contributed by atoms with Crippen molar-refractivity contribution in [1.29, 1.82) is 0 Å². The van der Waals surface area contributed by atoms with Gasteiger partial charge >= 0.3 is 6.09 Å². The van der Waals surface area contributed by atoms with Gasteiger partial charge in [0.15, 0.2) is 5.78 Å². The lowest BCUT2D eigenvalue weighted by Gasteiger charge is -2.28. The normalized spacial score (nSPS) is 11.5. The fraction of sp³-hybridized carbons (Fsp3) is 0.348. The second-order valence-electron chi connectivity index (χ2n) is 8.45. The van der Waals surface area contributed by atoms with E-state index in [0.717, 1.165) is 0 Å². The highest BCUT2D eigenvalue weighted by Crippen LogP contribution is 2.24. The number of rotatable bonds is 6. The summed E-state index contributed by atoms with van der Waals surface area (Å²) in [5, 5.41) is 5.62. The molecule has 0 unspecified atom stereocenters. The first-order chi connectivity index (χ1) is 13.9. The van der Waals surface area contributed by atoms with Gasteiger partial charge in [0, 0.05) is 12.1 Å². The summed E-state index contributed by atoms with van der Waals surface area (Å²) in [7, 11) is 0. The maximum absolute atomic E-state index is 12.9. The third kappa shape index (κ3) is 6.59. The van der Waals surface area contributed by atoms with Crippen LogP contribution >= 0.6 is 11.6 Å². The number of carbonyl (C=O) groups is 3. The lowest BCUT2D eigenvalue weighted by atomic mass is 9.91. The fourth-order valence-electron chi connectivity index (χ4n) is 2.71. The molecule has 2 N–H and O–H groups in total. The summed E-state index contributed by atoms with van der Waals surface area (Å²) in [6, 6.07) is 13.9. The standard InChI is InChI=1S/C23H27ClN2O4/c1-22(2,3)30-21(29)26-23(4,5)18(27)14-15-10-9-13-17(24)19(15)20(28)25-16-11-7-6-8-12-16/h6-13H,14H2,1-5H3,(H,25,28)(H,26,29). The van der Waals surface area contributed by atoms with E-state index in [1.54, 1.807) is 77.1 Å². The van der Waals surface area contributed by atoms with Crippen molar-refractivity contribution in [3.05, 3.63) is 64.7 Å². The highest BCUT2D eigenvalue weighted by molar-refractivity contribution is 6.34. The van der Waals surface area contributed by atoms with Crippen molar-refractivity contribution in [2.24, 2.45) is 0 Å². The van der Waals surface area contributed by atoms with Gasteiger partial charge in [-0.15, -0.1) is 0 Å². The number of amides is 2. The molecule has 0 aliphatic carbocycles. The van der Waals surface area contributed by atoms with Crippen molar-refractivity contribution in [3.8, 4) is 0 Å². The third-order valence-corrected chi connectivity index (χ3v) is 4.54. The van der Waals surface area contributed by atoms with E-state index in [-0.39, 0.29) is 22.8 Å². The number of hydrogen-bond acceptors (Lipinski definition) is 4. The topological polar surface area (TPSA) is 84.5 Å². The SMILES string of the molecule is CC(C)(C)OC(=O)NC(C)(C)C(=O)Cc1cccc(Cl)c1C(=O)Nc1ccccc1. The minimum Gasteiger partial charge on any atom is -0.444 e. The summed E-state index contributed by atoms with van der Waals surface area (Å²) >= 11 is 6.28. The number of ketones is 1. The fourth-order valence-corrected chi connectivity index (χ4v) is 2.99. The summed E-state index contributed by atoms with van der Waals surface area (Å²) in [6.07, 6.45) is -0.769. The maximum atomic E-state index is 12.9. The van der Waals surface area contributed by atoms with E-state index in [9.17, 15) is 14.4 Å². The van der Waals surface area contributed by atoms with Crippen LogP contribution in [0.2, 0.25) is 5.02 Å². The molecule has 0 aliphatic heterocycles. The van der Waals surface area contributed by atoms with Crippen molar-refractivity contribution in [2.45, 2.75) is 52.2 Å². The molecule has 0 radical (unpaired) electrons. The van der Waals surface area contributed by atoms with Gasteiger partial charge in [-0.1, -0.05) is 41.9 Å². The van der Waals surface area contributed by atoms with Crippen LogP contribution in [0, 0.1) is 0 Å². The smallest absolute Gasteiger partial charge is 0.408 e. The zero-order valence-electron chi connectivity index (χ0n) is 17.8. The minimum absolute atomic E-state index is 0.0824. The summed E-state index contributed by atoms with van der Waals surface area (Å²) < 4.78 is 5.23. The van der Waals surface area contributed by atoms with Crippen molar-refractivity contribution >= 4 is 35.1 Å². The molecule has 2 amide bonds. The van der Waals surface area contributed by atoms with Crippen LogP contribution in [0.1, 0.15) is 50.5 Å². The molecule has 2 aromatic rings. The van der Waals surface area contributed by atoms with Gasteiger partial charge in [0.05, 0.1) is 16.1 Å². The van der Waals surface area contributed by atoms with Gasteiger partial charge in [-0.3, -0.25) is 9.59 Å². The van der Waals surface area contributed by atoms with Gasteiger partial charge in [-0.05, 0) is 58.4 Å². The van der Waals surface area contributed by atoms with Crippen molar-refractivity contribution in [1.82, 2.24) is 5.32 Å². The van der Waals surface area contributed by atoms with Crippen molar-refractivity contribution < 1.29 is 19.1 Å². The average molecular weight is 431 g/mol. The Morgan fingerprint density at radius 3 is 2.17 bits per heavy atom. The van der Waals surface area contributed by atoms with Crippen molar-refractivity contribution in [3.63, 3.8) is 0 Å². The van der Waals surface area contributed by atoms with E-state index < -0.39 is 23.1 Å². The Bertz CT molecular complexity index is 934. The number of ether oxygens (including phenoxy) is 1. The molecule has 160 valence electrons. The zero-order valence-corrected chi connectivity index (χ0v) is 18.6. The first-order valence-electron chi connectivity index (χ1n) is 9.57. The van der Waals surface area contributed by atoms with Gasteiger partial charge in [0.1, 0.15) is 5.60 Å². The highest BCUT2D eigenvalue weighted by Gasteiger charge is 2.32.